The van der Waals surface area contributed by atoms with Gasteiger partial charge in [0.15, 0.2) is 0 Å². The number of benzene rings is 1. The van der Waals surface area contributed by atoms with Gasteiger partial charge >= 0.3 is 6.03 Å². The van der Waals surface area contributed by atoms with E-state index in [1.807, 2.05) is 30.3 Å². The first kappa shape index (κ1) is 17.5. The van der Waals surface area contributed by atoms with Crippen molar-refractivity contribution >= 4 is 23.5 Å². The summed E-state index contributed by atoms with van der Waals surface area (Å²) < 4.78 is 0. The molecule has 1 heterocycles. The molecule has 3 rings (SSSR count). The zero-order valence-electron chi connectivity index (χ0n) is 14.8. The van der Waals surface area contributed by atoms with Crippen molar-refractivity contribution in [2.24, 2.45) is 5.92 Å². The molecule has 6 nitrogen and oxygen atoms in total. The van der Waals surface area contributed by atoms with Crippen molar-refractivity contribution in [3.8, 4) is 0 Å². The Kier molecular flexibility index (Phi) is 4.79. The van der Waals surface area contributed by atoms with Gasteiger partial charge in [0.2, 0.25) is 5.91 Å². The summed E-state index contributed by atoms with van der Waals surface area (Å²) in [6.07, 6.45) is 4.30. The van der Waals surface area contributed by atoms with Crippen LogP contribution < -0.4 is 10.2 Å². The number of likely N-dealkylation sites (N-methyl/N-ethyl adjacent to an activating group) is 1. The number of rotatable bonds is 4. The van der Waals surface area contributed by atoms with Crippen molar-refractivity contribution in [2.45, 2.75) is 44.6 Å². The zero-order valence-corrected chi connectivity index (χ0v) is 14.8. The van der Waals surface area contributed by atoms with E-state index >= 15 is 0 Å². The number of hydrogen-bond acceptors (Lipinski definition) is 3. The molecule has 1 aromatic carbocycles. The van der Waals surface area contributed by atoms with E-state index in [1.54, 1.807) is 7.05 Å². The average molecular weight is 343 g/mol. The highest BCUT2D eigenvalue weighted by Crippen LogP contribution is 2.37. The summed E-state index contributed by atoms with van der Waals surface area (Å²) in [5.74, 6) is 0.0890. The summed E-state index contributed by atoms with van der Waals surface area (Å²) in [5.41, 5.74) is -0.0633. The van der Waals surface area contributed by atoms with Gasteiger partial charge < -0.3 is 10.2 Å². The van der Waals surface area contributed by atoms with Gasteiger partial charge in [-0.2, -0.15) is 0 Å². The highest BCUT2D eigenvalue weighted by Gasteiger charge is 2.52. The van der Waals surface area contributed by atoms with E-state index in [0.29, 0.717) is 18.8 Å². The second kappa shape index (κ2) is 6.86. The van der Waals surface area contributed by atoms with Crippen LogP contribution in [0.25, 0.3) is 0 Å². The van der Waals surface area contributed by atoms with Crippen LogP contribution in [0.2, 0.25) is 0 Å². The van der Waals surface area contributed by atoms with Gasteiger partial charge in [0.25, 0.3) is 5.91 Å². The predicted octanol–water partition coefficient (Wildman–Crippen LogP) is 2.54. The molecule has 1 aliphatic heterocycles. The number of carbonyl (C=O) groups is 3. The van der Waals surface area contributed by atoms with Crippen LogP contribution >= 0.6 is 0 Å². The summed E-state index contributed by atoms with van der Waals surface area (Å²) in [7, 11) is 1.65. The Balaban J connectivity index is 1.68. The third kappa shape index (κ3) is 3.25. The molecular formula is C19H25N3O3. The lowest BCUT2D eigenvalue weighted by molar-refractivity contribution is -0.135. The summed E-state index contributed by atoms with van der Waals surface area (Å²) in [4.78, 5) is 40.2. The van der Waals surface area contributed by atoms with E-state index in [4.69, 9.17) is 0 Å². The van der Waals surface area contributed by atoms with Crippen LogP contribution in [-0.4, -0.2) is 41.9 Å². The number of nitrogens with one attached hydrogen (secondary N) is 1. The number of nitrogens with zero attached hydrogens (tertiary/aromatic N) is 2. The Labute approximate surface area is 148 Å². The van der Waals surface area contributed by atoms with Crippen molar-refractivity contribution in [3.05, 3.63) is 30.3 Å². The molecule has 134 valence electrons. The molecule has 0 aromatic heterocycles. The first-order valence-corrected chi connectivity index (χ1v) is 8.92. The number of hydrogen-bond donors (Lipinski definition) is 1. The normalized spacial score (nSPS) is 26.0. The van der Waals surface area contributed by atoms with Gasteiger partial charge in [-0.3, -0.25) is 14.5 Å². The maximum absolute atomic E-state index is 12.9. The predicted molar refractivity (Wildman–Crippen MR) is 95.1 cm³/mol. The molecule has 6 heteroatoms. The molecule has 1 spiro atoms. The fourth-order valence-corrected chi connectivity index (χ4v) is 3.77. The molecule has 0 unspecified atom stereocenters. The van der Waals surface area contributed by atoms with Crippen LogP contribution in [0.1, 0.15) is 39.0 Å². The molecule has 1 saturated heterocycles. The number of urea groups is 1. The van der Waals surface area contributed by atoms with Gasteiger partial charge in [0.1, 0.15) is 12.1 Å². The topological polar surface area (TPSA) is 69.7 Å². The average Bonchev–Trinajstić information content (AvgIpc) is 2.86. The number of imide groups is 1. The summed E-state index contributed by atoms with van der Waals surface area (Å²) in [6, 6.07) is 8.74. The largest absolute Gasteiger partial charge is 0.325 e. The van der Waals surface area contributed by atoms with Crippen LogP contribution in [0.15, 0.2) is 30.3 Å². The van der Waals surface area contributed by atoms with Crippen molar-refractivity contribution in [1.82, 2.24) is 10.2 Å². The van der Waals surface area contributed by atoms with Crippen molar-refractivity contribution in [1.29, 1.82) is 0 Å². The zero-order chi connectivity index (χ0) is 18.0. The molecule has 1 aromatic rings. The van der Waals surface area contributed by atoms with Gasteiger partial charge in [-0.05, 0) is 43.7 Å². The first-order chi connectivity index (χ1) is 12.0. The smallest absolute Gasteiger partial charge is 0.323 e. The molecule has 2 fully saturated rings. The van der Waals surface area contributed by atoms with Gasteiger partial charge in [-0.15, -0.1) is 0 Å². The minimum Gasteiger partial charge on any atom is -0.323 e. The molecule has 1 aliphatic carbocycles. The third-order valence-corrected chi connectivity index (χ3v) is 5.59. The molecule has 0 bridgehead atoms. The molecule has 1 saturated carbocycles. The molecular weight excluding hydrogens is 318 g/mol. The van der Waals surface area contributed by atoms with Crippen molar-refractivity contribution in [3.63, 3.8) is 0 Å². The molecule has 25 heavy (non-hydrogen) atoms. The molecule has 0 radical (unpaired) electrons. The quantitative estimate of drug-likeness (QED) is 0.854. The van der Waals surface area contributed by atoms with Crippen LogP contribution in [0, 0.1) is 5.92 Å². The van der Waals surface area contributed by atoms with E-state index in [9.17, 15) is 14.4 Å². The highest BCUT2D eigenvalue weighted by molar-refractivity contribution is 6.10. The third-order valence-electron chi connectivity index (χ3n) is 5.59. The number of para-hydroxylation sites is 1. The minimum atomic E-state index is -0.797. The van der Waals surface area contributed by atoms with Gasteiger partial charge in [-0.1, -0.05) is 31.5 Å². The van der Waals surface area contributed by atoms with Crippen LogP contribution in [0.3, 0.4) is 0 Å². The van der Waals surface area contributed by atoms with Crippen LogP contribution in [-0.2, 0) is 9.59 Å². The Hall–Kier alpha value is -2.37. The van der Waals surface area contributed by atoms with E-state index in [2.05, 4.69) is 12.2 Å². The standard InChI is InChI=1S/C19H25N3O3/c1-3-14-9-11-19(12-10-14)17(24)22(18(25)20-19)13-16(23)21(2)15-7-5-4-6-8-15/h4-8,14H,3,9-13H2,1-2H3,(H,20,25). The SMILES string of the molecule is CCC1CCC2(CC1)NC(=O)N(CC(=O)N(C)c1ccccc1)C2=O. The number of amides is 4. The second-order valence-corrected chi connectivity index (χ2v) is 7.04. The number of anilines is 1. The fourth-order valence-electron chi connectivity index (χ4n) is 3.77. The maximum atomic E-state index is 12.9. The van der Waals surface area contributed by atoms with Gasteiger partial charge in [0, 0.05) is 12.7 Å². The van der Waals surface area contributed by atoms with E-state index in [1.165, 1.54) is 4.90 Å². The molecule has 1 N–H and O–H groups in total. The minimum absolute atomic E-state index is 0.227. The second-order valence-electron chi connectivity index (χ2n) is 7.04. The van der Waals surface area contributed by atoms with Crippen molar-refractivity contribution in [2.75, 3.05) is 18.5 Å². The van der Waals surface area contributed by atoms with E-state index in [-0.39, 0.29) is 18.4 Å². The lowest BCUT2D eigenvalue weighted by atomic mass is 9.75. The van der Waals surface area contributed by atoms with Crippen LogP contribution in [0.4, 0.5) is 10.5 Å². The molecule has 4 amide bonds. The first-order valence-electron chi connectivity index (χ1n) is 8.92. The maximum Gasteiger partial charge on any atom is 0.325 e. The Bertz CT molecular complexity index is 666. The fraction of sp³-hybridized carbons (Fsp3) is 0.526. The lowest BCUT2D eigenvalue weighted by Gasteiger charge is -2.34. The van der Waals surface area contributed by atoms with Gasteiger partial charge in [0.05, 0.1) is 0 Å². The lowest BCUT2D eigenvalue weighted by Crippen LogP contribution is -2.50. The monoisotopic (exact) mass is 343 g/mol. The van der Waals surface area contributed by atoms with Crippen molar-refractivity contribution < 1.29 is 14.4 Å². The Morgan fingerprint density at radius 3 is 2.48 bits per heavy atom. The Morgan fingerprint density at radius 2 is 1.88 bits per heavy atom. The van der Waals surface area contributed by atoms with Crippen LogP contribution in [0.5, 0.6) is 0 Å². The Morgan fingerprint density at radius 1 is 1.24 bits per heavy atom. The number of carbonyl (C=O) groups excluding carboxylic acids is 3. The van der Waals surface area contributed by atoms with Gasteiger partial charge in [-0.25, -0.2) is 4.79 Å². The molecule has 2 aliphatic rings. The highest BCUT2D eigenvalue weighted by atomic mass is 16.2. The summed E-state index contributed by atoms with van der Waals surface area (Å²) in [5, 5.41) is 2.86. The summed E-state index contributed by atoms with van der Waals surface area (Å²) in [6.45, 7) is 1.93. The van der Waals surface area contributed by atoms with E-state index < -0.39 is 11.6 Å². The summed E-state index contributed by atoms with van der Waals surface area (Å²) >= 11 is 0. The van der Waals surface area contributed by atoms with E-state index in [0.717, 1.165) is 29.8 Å². The molecule has 0 atom stereocenters.